The number of aliphatic carboxylic acids is 1. The van der Waals surface area contributed by atoms with Crippen molar-refractivity contribution in [2.75, 3.05) is 4.90 Å². The maximum Gasteiger partial charge on any atom is 0.303 e. The van der Waals surface area contributed by atoms with E-state index in [2.05, 4.69) is 0 Å². The minimum absolute atomic E-state index is 0.00217. The van der Waals surface area contributed by atoms with E-state index in [1.165, 1.54) is 0 Å². The van der Waals surface area contributed by atoms with E-state index < -0.39 is 17.9 Å². The van der Waals surface area contributed by atoms with Crippen LogP contribution in [0.1, 0.15) is 30.9 Å². The van der Waals surface area contributed by atoms with Crippen molar-refractivity contribution in [3.8, 4) is 0 Å². The molecule has 3 rings (SSSR count). The van der Waals surface area contributed by atoms with Crippen molar-refractivity contribution in [3.63, 3.8) is 0 Å². The Labute approximate surface area is 145 Å². The first kappa shape index (κ1) is 16.8. The number of hydrogen-bond donors (Lipinski definition) is 2. The fourth-order valence-electron chi connectivity index (χ4n) is 3.18. The fourth-order valence-corrected chi connectivity index (χ4v) is 3.18. The summed E-state index contributed by atoms with van der Waals surface area (Å²) in [6.45, 7) is 0. The summed E-state index contributed by atoms with van der Waals surface area (Å²) in [5, 5.41) is 19.3. The summed E-state index contributed by atoms with van der Waals surface area (Å²) in [5.41, 5.74) is 2.15. The molecular weight excluding hydrogens is 318 g/mol. The SMILES string of the molecule is O=C(O)CCCC1=C(O)C(=O)N(c2ccccc2)C1c1ccccc1. The van der Waals surface area contributed by atoms with Crippen molar-refractivity contribution in [2.24, 2.45) is 0 Å². The number of para-hydroxylation sites is 1. The third-order valence-electron chi connectivity index (χ3n) is 4.30. The number of nitrogens with zero attached hydrogens (tertiary/aromatic N) is 1. The monoisotopic (exact) mass is 337 g/mol. The molecule has 2 aromatic carbocycles. The number of aliphatic hydroxyl groups is 1. The van der Waals surface area contributed by atoms with Crippen LogP contribution in [-0.2, 0) is 9.59 Å². The molecule has 1 aliphatic heterocycles. The summed E-state index contributed by atoms with van der Waals surface area (Å²) < 4.78 is 0. The number of anilines is 1. The van der Waals surface area contributed by atoms with Gasteiger partial charge in [-0.05, 0) is 30.5 Å². The molecule has 0 fully saturated rings. The van der Waals surface area contributed by atoms with Gasteiger partial charge >= 0.3 is 5.97 Å². The van der Waals surface area contributed by atoms with Crippen LogP contribution in [0, 0.1) is 0 Å². The summed E-state index contributed by atoms with van der Waals surface area (Å²) in [6, 6.07) is 18.2. The van der Waals surface area contributed by atoms with Gasteiger partial charge in [0.05, 0.1) is 6.04 Å². The zero-order valence-corrected chi connectivity index (χ0v) is 13.6. The third kappa shape index (κ3) is 3.40. The van der Waals surface area contributed by atoms with E-state index in [9.17, 15) is 14.7 Å². The van der Waals surface area contributed by atoms with Crippen LogP contribution in [0.15, 0.2) is 72.0 Å². The molecule has 0 saturated heterocycles. The average molecular weight is 337 g/mol. The number of benzene rings is 2. The second-order valence-electron chi connectivity index (χ2n) is 5.95. The number of carbonyl (C=O) groups excluding carboxylic acids is 1. The van der Waals surface area contributed by atoms with Gasteiger partial charge in [0.25, 0.3) is 5.91 Å². The Morgan fingerprint density at radius 1 is 1.00 bits per heavy atom. The van der Waals surface area contributed by atoms with E-state index in [1.54, 1.807) is 4.90 Å². The van der Waals surface area contributed by atoms with Crippen LogP contribution in [0.4, 0.5) is 5.69 Å². The zero-order valence-electron chi connectivity index (χ0n) is 13.6. The molecule has 2 aromatic rings. The second kappa shape index (κ2) is 7.21. The Morgan fingerprint density at radius 3 is 2.20 bits per heavy atom. The molecule has 128 valence electrons. The highest BCUT2D eigenvalue weighted by Gasteiger charge is 2.40. The Bertz CT molecular complexity index is 799. The smallest absolute Gasteiger partial charge is 0.303 e. The van der Waals surface area contributed by atoms with Gasteiger partial charge in [0.2, 0.25) is 0 Å². The summed E-state index contributed by atoms with van der Waals surface area (Å²) in [6.07, 6.45) is 0.721. The van der Waals surface area contributed by atoms with Gasteiger partial charge < -0.3 is 10.2 Å². The standard InChI is InChI=1S/C20H19NO4/c22-17(23)13-7-12-16-18(14-8-3-1-4-9-14)21(20(25)19(16)24)15-10-5-2-6-11-15/h1-6,8-11,18,24H,7,12-13H2,(H,22,23). The topological polar surface area (TPSA) is 77.8 Å². The molecule has 1 aliphatic rings. The summed E-state index contributed by atoms with van der Waals surface area (Å²) in [4.78, 5) is 25.1. The van der Waals surface area contributed by atoms with Crippen LogP contribution in [0.5, 0.6) is 0 Å². The molecule has 0 aliphatic carbocycles. The maximum atomic E-state index is 12.7. The number of hydrogen-bond acceptors (Lipinski definition) is 3. The predicted octanol–water partition coefficient (Wildman–Crippen LogP) is 3.84. The van der Waals surface area contributed by atoms with Gasteiger partial charge in [-0.3, -0.25) is 14.5 Å². The third-order valence-corrected chi connectivity index (χ3v) is 4.30. The van der Waals surface area contributed by atoms with Gasteiger partial charge in [-0.15, -0.1) is 0 Å². The highest BCUT2D eigenvalue weighted by Crippen LogP contribution is 2.42. The Hall–Kier alpha value is -3.08. The second-order valence-corrected chi connectivity index (χ2v) is 5.95. The zero-order chi connectivity index (χ0) is 17.8. The Kier molecular flexibility index (Phi) is 4.84. The number of carboxylic acids is 1. The van der Waals surface area contributed by atoms with Crippen LogP contribution in [0.2, 0.25) is 0 Å². The lowest BCUT2D eigenvalue weighted by atomic mass is 9.95. The lowest BCUT2D eigenvalue weighted by Gasteiger charge is -2.27. The van der Waals surface area contributed by atoms with Crippen LogP contribution < -0.4 is 4.90 Å². The van der Waals surface area contributed by atoms with Crippen LogP contribution in [0.3, 0.4) is 0 Å². The Balaban J connectivity index is 2.00. The van der Waals surface area contributed by atoms with Gasteiger partial charge in [0.15, 0.2) is 5.76 Å². The fraction of sp³-hybridized carbons (Fsp3) is 0.200. The molecule has 1 amide bonds. The number of amides is 1. The first-order valence-electron chi connectivity index (χ1n) is 8.17. The molecule has 5 nitrogen and oxygen atoms in total. The van der Waals surface area contributed by atoms with Crippen LogP contribution >= 0.6 is 0 Å². The van der Waals surface area contributed by atoms with Gasteiger partial charge in [-0.1, -0.05) is 48.5 Å². The van der Waals surface area contributed by atoms with Crippen molar-refractivity contribution < 1.29 is 19.8 Å². The molecule has 1 atom stereocenters. The summed E-state index contributed by atoms with van der Waals surface area (Å²) in [5.74, 6) is -1.62. The molecule has 1 heterocycles. The van der Waals surface area contributed by atoms with Crippen LogP contribution in [0.25, 0.3) is 0 Å². The highest BCUT2D eigenvalue weighted by atomic mass is 16.4. The number of carbonyl (C=O) groups is 2. The molecule has 0 bridgehead atoms. The minimum atomic E-state index is -0.888. The van der Waals surface area contributed by atoms with Crippen molar-refractivity contribution in [1.29, 1.82) is 0 Å². The molecule has 2 N–H and O–H groups in total. The number of aliphatic hydroxyl groups excluding tert-OH is 1. The summed E-state index contributed by atoms with van der Waals surface area (Å²) in [7, 11) is 0. The molecule has 0 radical (unpaired) electrons. The lowest BCUT2D eigenvalue weighted by Crippen LogP contribution is -2.30. The first-order valence-corrected chi connectivity index (χ1v) is 8.17. The van der Waals surface area contributed by atoms with Crippen molar-refractivity contribution in [3.05, 3.63) is 77.6 Å². The van der Waals surface area contributed by atoms with Gasteiger partial charge in [0.1, 0.15) is 0 Å². The van der Waals surface area contributed by atoms with Gasteiger partial charge in [-0.2, -0.15) is 0 Å². The molecule has 0 spiro atoms. The minimum Gasteiger partial charge on any atom is -0.503 e. The van der Waals surface area contributed by atoms with E-state index in [0.29, 0.717) is 24.1 Å². The normalized spacial score (nSPS) is 17.2. The number of rotatable bonds is 6. The molecule has 0 aromatic heterocycles. The van der Waals surface area contributed by atoms with E-state index in [-0.39, 0.29) is 12.2 Å². The van der Waals surface area contributed by atoms with Crippen molar-refractivity contribution >= 4 is 17.6 Å². The largest absolute Gasteiger partial charge is 0.503 e. The molecular formula is C20H19NO4. The first-order chi connectivity index (χ1) is 12.1. The molecule has 5 heteroatoms. The predicted molar refractivity (Wildman–Crippen MR) is 94.3 cm³/mol. The van der Waals surface area contributed by atoms with Crippen LogP contribution in [-0.4, -0.2) is 22.1 Å². The van der Waals surface area contributed by atoms with E-state index in [0.717, 1.165) is 5.56 Å². The van der Waals surface area contributed by atoms with E-state index >= 15 is 0 Å². The Morgan fingerprint density at radius 2 is 1.60 bits per heavy atom. The highest BCUT2D eigenvalue weighted by molar-refractivity contribution is 6.08. The van der Waals surface area contributed by atoms with E-state index in [4.69, 9.17) is 5.11 Å². The molecule has 25 heavy (non-hydrogen) atoms. The van der Waals surface area contributed by atoms with Gasteiger partial charge in [0, 0.05) is 17.7 Å². The lowest BCUT2D eigenvalue weighted by molar-refractivity contribution is -0.137. The quantitative estimate of drug-likeness (QED) is 0.839. The van der Waals surface area contributed by atoms with Gasteiger partial charge in [-0.25, -0.2) is 0 Å². The molecule has 0 saturated carbocycles. The van der Waals surface area contributed by atoms with Crippen molar-refractivity contribution in [1.82, 2.24) is 0 Å². The maximum absolute atomic E-state index is 12.7. The summed E-state index contributed by atoms with van der Waals surface area (Å²) >= 11 is 0. The number of carboxylic acid groups (broad SMARTS) is 1. The van der Waals surface area contributed by atoms with Crippen molar-refractivity contribution in [2.45, 2.75) is 25.3 Å². The molecule has 1 unspecified atom stereocenters. The van der Waals surface area contributed by atoms with E-state index in [1.807, 2.05) is 60.7 Å². The average Bonchev–Trinajstić information content (AvgIpc) is 2.88.